The second kappa shape index (κ2) is 5.87. The van der Waals surface area contributed by atoms with Crippen molar-refractivity contribution >= 4 is 28.5 Å². The number of fused-ring (bicyclic) bond motifs is 1. The Morgan fingerprint density at radius 3 is 3.06 bits per heavy atom. The highest BCUT2D eigenvalue weighted by Gasteiger charge is 2.07. The van der Waals surface area contributed by atoms with Gasteiger partial charge in [0.2, 0.25) is 5.28 Å². The van der Waals surface area contributed by atoms with E-state index >= 15 is 0 Å². The normalized spacial score (nSPS) is 10.8. The van der Waals surface area contributed by atoms with Gasteiger partial charge in [0.25, 0.3) is 5.91 Å². The first-order valence-electron chi connectivity index (χ1n) is 6.14. The van der Waals surface area contributed by atoms with Gasteiger partial charge >= 0.3 is 0 Å². The predicted molar refractivity (Wildman–Crippen MR) is 73.0 cm³/mol. The van der Waals surface area contributed by atoms with Crippen molar-refractivity contribution < 1.29 is 4.79 Å². The van der Waals surface area contributed by atoms with Crippen LogP contribution in [0.15, 0.2) is 18.2 Å². The predicted octanol–water partition coefficient (Wildman–Crippen LogP) is 3.14. The molecule has 2 rings (SSSR count). The molecule has 1 aromatic carbocycles. The lowest BCUT2D eigenvalue weighted by atomic mass is 10.2. The smallest absolute Gasteiger partial charge is 0.251 e. The monoisotopic (exact) mass is 265 g/mol. The summed E-state index contributed by atoms with van der Waals surface area (Å²) in [4.78, 5) is 18.9. The molecule has 0 aliphatic carbocycles. The molecule has 0 radical (unpaired) electrons. The highest BCUT2D eigenvalue weighted by Crippen LogP contribution is 2.16. The third-order valence-electron chi connectivity index (χ3n) is 2.78. The second-order valence-electron chi connectivity index (χ2n) is 4.22. The lowest BCUT2D eigenvalue weighted by Crippen LogP contribution is -2.24. The van der Waals surface area contributed by atoms with Crippen LogP contribution < -0.4 is 5.32 Å². The van der Waals surface area contributed by atoms with E-state index < -0.39 is 0 Å². The number of aromatic nitrogens is 2. The summed E-state index contributed by atoms with van der Waals surface area (Å²) in [5.74, 6) is -0.0567. The van der Waals surface area contributed by atoms with Crippen LogP contribution in [0.1, 0.15) is 36.5 Å². The van der Waals surface area contributed by atoms with Crippen molar-refractivity contribution in [2.75, 3.05) is 6.54 Å². The van der Waals surface area contributed by atoms with Gasteiger partial charge in [0.05, 0.1) is 11.0 Å². The molecule has 2 aromatic rings. The summed E-state index contributed by atoms with van der Waals surface area (Å²) in [6.07, 6.45) is 3.30. The molecule has 1 heterocycles. The molecule has 0 fully saturated rings. The first-order chi connectivity index (χ1) is 8.70. The van der Waals surface area contributed by atoms with Crippen LogP contribution in [0, 0.1) is 0 Å². The van der Waals surface area contributed by atoms with Crippen LogP contribution in [-0.2, 0) is 0 Å². The maximum atomic E-state index is 11.9. The topological polar surface area (TPSA) is 57.8 Å². The highest BCUT2D eigenvalue weighted by atomic mass is 35.5. The number of nitrogens with zero attached hydrogens (tertiary/aromatic N) is 1. The number of carbonyl (C=O) groups excluding carboxylic acids is 1. The molecular formula is C13H16ClN3O. The SMILES string of the molecule is CCCCCNC(=O)c1ccc2nc(Cl)[nH]c2c1. The summed E-state index contributed by atoms with van der Waals surface area (Å²) in [6, 6.07) is 5.32. The Hall–Kier alpha value is -1.55. The summed E-state index contributed by atoms with van der Waals surface area (Å²) in [7, 11) is 0. The van der Waals surface area contributed by atoms with Crippen LogP contribution in [-0.4, -0.2) is 22.4 Å². The zero-order valence-electron chi connectivity index (χ0n) is 10.3. The Labute approximate surface area is 111 Å². The number of hydrogen-bond donors (Lipinski definition) is 2. The molecule has 0 unspecified atom stereocenters. The van der Waals surface area contributed by atoms with E-state index in [2.05, 4.69) is 22.2 Å². The maximum absolute atomic E-state index is 11.9. The third-order valence-corrected chi connectivity index (χ3v) is 2.96. The number of hydrogen-bond acceptors (Lipinski definition) is 2. The number of benzene rings is 1. The molecule has 4 nitrogen and oxygen atoms in total. The molecule has 0 aliphatic heterocycles. The molecule has 0 saturated carbocycles. The highest BCUT2D eigenvalue weighted by molar-refractivity contribution is 6.29. The Morgan fingerprint density at radius 1 is 1.44 bits per heavy atom. The van der Waals surface area contributed by atoms with Gasteiger partial charge in [-0.15, -0.1) is 0 Å². The van der Waals surface area contributed by atoms with Gasteiger partial charge in [-0.2, -0.15) is 0 Å². The minimum atomic E-state index is -0.0567. The molecular weight excluding hydrogens is 250 g/mol. The van der Waals surface area contributed by atoms with Gasteiger partial charge in [-0.3, -0.25) is 4.79 Å². The minimum Gasteiger partial charge on any atom is -0.352 e. The molecule has 2 N–H and O–H groups in total. The van der Waals surface area contributed by atoms with Gasteiger partial charge in [-0.25, -0.2) is 4.98 Å². The number of carbonyl (C=O) groups is 1. The number of unbranched alkanes of at least 4 members (excludes halogenated alkanes) is 2. The number of amides is 1. The number of rotatable bonds is 5. The van der Waals surface area contributed by atoms with Crippen LogP contribution in [0.4, 0.5) is 0 Å². The van der Waals surface area contributed by atoms with Crippen LogP contribution in [0.2, 0.25) is 5.28 Å². The van der Waals surface area contributed by atoms with Crippen LogP contribution in [0.25, 0.3) is 11.0 Å². The molecule has 96 valence electrons. The summed E-state index contributed by atoms with van der Waals surface area (Å²) in [5.41, 5.74) is 2.17. The van der Waals surface area contributed by atoms with Gasteiger partial charge < -0.3 is 10.3 Å². The van der Waals surface area contributed by atoms with Gasteiger partial charge in [-0.05, 0) is 36.2 Å². The summed E-state index contributed by atoms with van der Waals surface area (Å²) in [5, 5.41) is 3.24. The van der Waals surface area contributed by atoms with E-state index in [0.29, 0.717) is 17.4 Å². The van der Waals surface area contributed by atoms with E-state index in [9.17, 15) is 4.79 Å². The zero-order chi connectivity index (χ0) is 13.0. The fraction of sp³-hybridized carbons (Fsp3) is 0.385. The van der Waals surface area contributed by atoms with E-state index in [1.54, 1.807) is 18.2 Å². The first-order valence-corrected chi connectivity index (χ1v) is 6.52. The lowest BCUT2D eigenvalue weighted by Gasteiger charge is -2.04. The number of halogens is 1. The van der Waals surface area contributed by atoms with E-state index in [1.165, 1.54) is 0 Å². The quantitative estimate of drug-likeness (QED) is 0.816. The van der Waals surface area contributed by atoms with E-state index in [1.807, 2.05) is 0 Å². The number of H-pyrrole nitrogens is 1. The van der Waals surface area contributed by atoms with Gasteiger partial charge in [0, 0.05) is 12.1 Å². The molecule has 0 atom stereocenters. The van der Waals surface area contributed by atoms with E-state index in [-0.39, 0.29) is 5.91 Å². The van der Waals surface area contributed by atoms with Crippen LogP contribution >= 0.6 is 11.6 Å². The van der Waals surface area contributed by atoms with Gasteiger partial charge in [0.1, 0.15) is 0 Å². The molecule has 1 amide bonds. The molecule has 0 bridgehead atoms. The Bertz CT molecular complexity index is 550. The van der Waals surface area contributed by atoms with Gasteiger partial charge in [0.15, 0.2) is 0 Å². The molecule has 18 heavy (non-hydrogen) atoms. The number of aromatic amines is 1. The van der Waals surface area contributed by atoms with Crippen molar-refractivity contribution in [3.05, 3.63) is 29.0 Å². The fourth-order valence-corrected chi connectivity index (χ4v) is 1.99. The van der Waals surface area contributed by atoms with Crippen molar-refractivity contribution in [3.8, 4) is 0 Å². The fourth-order valence-electron chi connectivity index (χ4n) is 1.80. The molecule has 0 saturated heterocycles. The Balaban J connectivity index is 2.03. The summed E-state index contributed by atoms with van der Waals surface area (Å²) >= 11 is 5.77. The molecule has 5 heteroatoms. The van der Waals surface area contributed by atoms with Crippen molar-refractivity contribution in [1.82, 2.24) is 15.3 Å². The van der Waals surface area contributed by atoms with Crippen LogP contribution in [0.3, 0.4) is 0 Å². The average molecular weight is 266 g/mol. The van der Waals surface area contributed by atoms with Crippen LogP contribution in [0.5, 0.6) is 0 Å². The standard InChI is InChI=1S/C13H16ClN3O/c1-2-3-4-7-15-12(18)9-5-6-10-11(8-9)17-13(14)16-10/h5-6,8H,2-4,7H2,1H3,(H,15,18)(H,16,17). The summed E-state index contributed by atoms with van der Waals surface area (Å²) < 4.78 is 0. The molecule has 0 spiro atoms. The zero-order valence-corrected chi connectivity index (χ0v) is 11.0. The second-order valence-corrected chi connectivity index (χ2v) is 4.58. The van der Waals surface area contributed by atoms with E-state index in [0.717, 1.165) is 30.3 Å². The average Bonchev–Trinajstić information content (AvgIpc) is 2.73. The Morgan fingerprint density at radius 2 is 2.28 bits per heavy atom. The largest absolute Gasteiger partial charge is 0.352 e. The van der Waals surface area contributed by atoms with Crippen molar-refractivity contribution in [3.63, 3.8) is 0 Å². The Kier molecular flexibility index (Phi) is 4.20. The van der Waals surface area contributed by atoms with Gasteiger partial charge in [-0.1, -0.05) is 19.8 Å². The number of imidazole rings is 1. The van der Waals surface area contributed by atoms with Crippen molar-refractivity contribution in [1.29, 1.82) is 0 Å². The molecule has 0 aliphatic rings. The minimum absolute atomic E-state index is 0.0567. The van der Waals surface area contributed by atoms with E-state index in [4.69, 9.17) is 11.6 Å². The van der Waals surface area contributed by atoms with Crippen molar-refractivity contribution in [2.45, 2.75) is 26.2 Å². The van der Waals surface area contributed by atoms with Crippen molar-refractivity contribution in [2.24, 2.45) is 0 Å². The number of nitrogens with one attached hydrogen (secondary N) is 2. The summed E-state index contributed by atoms with van der Waals surface area (Å²) in [6.45, 7) is 2.85. The third kappa shape index (κ3) is 3.01. The first kappa shape index (κ1) is 12.9. The maximum Gasteiger partial charge on any atom is 0.251 e. The lowest BCUT2D eigenvalue weighted by molar-refractivity contribution is 0.0953. The molecule has 1 aromatic heterocycles.